The van der Waals surface area contributed by atoms with Gasteiger partial charge in [-0.15, -0.1) is 11.6 Å². The van der Waals surface area contributed by atoms with E-state index in [9.17, 15) is 5.11 Å². The molecule has 0 aliphatic rings. The first-order valence-corrected chi connectivity index (χ1v) is 10.1. The third kappa shape index (κ3) is 3.42. The van der Waals surface area contributed by atoms with Gasteiger partial charge in [0.2, 0.25) is 5.88 Å². The molecule has 29 heavy (non-hydrogen) atoms. The molecule has 0 bridgehead atoms. The molecule has 0 unspecified atom stereocenters. The molecule has 0 aliphatic heterocycles. The first-order chi connectivity index (χ1) is 13.9. The van der Waals surface area contributed by atoms with Gasteiger partial charge in [0.15, 0.2) is 0 Å². The Morgan fingerprint density at radius 1 is 1.10 bits per heavy atom. The molecule has 2 aromatic heterocycles. The summed E-state index contributed by atoms with van der Waals surface area (Å²) in [5.41, 5.74) is 4.51. The van der Waals surface area contributed by atoms with E-state index in [4.69, 9.17) is 39.5 Å². The molecule has 0 fully saturated rings. The Kier molecular flexibility index (Phi) is 5.34. The summed E-state index contributed by atoms with van der Waals surface area (Å²) in [7, 11) is 1.61. The average Bonchev–Trinajstić information content (AvgIpc) is 3.03. The number of pyridine rings is 1. The van der Waals surface area contributed by atoms with Crippen molar-refractivity contribution in [3.05, 3.63) is 70.0 Å². The highest BCUT2D eigenvalue weighted by atomic mass is 35.5. The zero-order valence-electron chi connectivity index (χ0n) is 15.7. The van der Waals surface area contributed by atoms with Crippen LogP contribution in [0.15, 0.2) is 48.7 Å². The summed E-state index contributed by atoms with van der Waals surface area (Å²) < 4.78 is 6.90. The monoisotopic (exact) mass is 446 g/mol. The minimum absolute atomic E-state index is 0.0602. The van der Waals surface area contributed by atoms with Crippen LogP contribution in [0.4, 0.5) is 0 Å². The molecule has 4 aromatic rings. The smallest absolute Gasteiger partial charge is 0.206 e. The lowest BCUT2D eigenvalue weighted by molar-refractivity contribution is 0.414. The van der Waals surface area contributed by atoms with Crippen molar-refractivity contribution in [1.82, 2.24) is 9.55 Å². The van der Waals surface area contributed by atoms with Crippen LogP contribution in [0.5, 0.6) is 11.6 Å². The molecule has 4 nitrogen and oxygen atoms in total. The van der Waals surface area contributed by atoms with Crippen molar-refractivity contribution in [2.75, 3.05) is 7.11 Å². The summed E-state index contributed by atoms with van der Waals surface area (Å²) in [6.45, 7) is 1.90. The van der Waals surface area contributed by atoms with Crippen molar-refractivity contribution < 1.29 is 9.84 Å². The zero-order valence-corrected chi connectivity index (χ0v) is 18.0. The lowest BCUT2D eigenvalue weighted by atomic mass is 9.96. The maximum Gasteiger partial charge on any atom is 0.206 e. The standard InChI is InChI=1S/C22H17Cl3N2O2/c1-12-17(10-23)20(16-8-3-13(24)9-18(16)25)21-19(26-12)11-27(22(21)28)14-4-6-15(29-2)7-5-14/h3-9,11,28H,10H2,1-2H3. The van der Waals surface area contributed by atoms with Crippen LogP contribution in [0.2, 0.25) is 10.0 Å². The molecule has 0 amide bonds. The molecule has 1 N–H and O–H groups in total. The Morgan fingerprint density at radius 3 is 2.45 bits per heavy atom. The van der Waals surface area contributed by atoms with E-state index in [0.717, 1.165) is 33.8 Å². The van der Waals surface area contributed by atoms with Crippen LogP contribution in [0.3, 0.4) is 0 Å². The maximum absolute atomic E-state index is 11.1. The Morgan fingerprint density at radius 2 is 1.83 bits per heavy atom. The Bertz CT molecular complexity index is 1220. The molecule has 148 valence electrons. The largest absolute Gasteiger partial charge is 0.497 e. The average molecular weight is 448 g/mol. The molecule has 0 saturated carbocycles. The summed E-state index contributed by atoms with van der Waals surface area (Å²) in [6.07, 6.45) is 1.80. The number of fused-ring (bicyclic) bond motifs is 1. The van der Waals surface area contributed by atoms with Crippen molar-refractivity contribution >= 4 is 45.7 Å². The molecule has 2 aromatic carbocycles. The van der Waals surface area contributed by atoms with E-state index in [2.05, 4.69) is 4.98 Å². The van der Waals surface area contributed by atoms with Gasteiger partial charge in [0.1, 0.15) is 5.75 Å². The van der Waals surface area contributed by atoms with Crippen LogP contribution in [0.25, 0.3) is 27.7 Å². The predicted molar refractivity (Wildman–Crippen MR) is 119 cm³/mol. The second kappa shape index (κ2) is 7.79. The SMILES string of the molecule is COc1ccc(-n2cc3nc(C)c(CCl)c(-c4ccc(Cl)cc4Cl)c3c2O)cc1. The van der Waals surface area contributed by atoms with Crippen LogP contribution in [-0.4, -0.2) is 21.8 Å². The van der Waals surface area contributed by atoms with Crippen molar-refractivity contribution in [3.8, 4) is 28.4 Å². The van der Waals surface area contributed by atoms with Gasteiger partial charge in [0.05, 0.1) is 18.0 Å². The normalized spacial score (nSPS) is 11.2. The summed E-state index contributed by atoms with van der Waals surface area (Å²) >= 11 is 18.9. The zero-order chi connectivity index (χ0) is 20.7. The Labute approximate surface area is 183 Å². The van der Waals surface area contributed by atoms with E-state index in [1.807, 2.05) is 37.3 Å². The quantitative estimate of drug-likeness (QED) is 0.351. The minimum Gasteiger partial charge on any atom is -0.497 e. The number of aryl methyl sites for hydroxylation is 1. The fourth-order valence-electron chi connectivity index (χ4n) is 3.48. The highest BCUT2D eigenvalue weighted by Gasteiger charge is 2.22. The molecule has 0 spiro atoms. The predicted octanol–water partition coefficient (Wildman–Crippen LogP) is 6.76. The lowest BCUT2D eigenvalue weighted by Gasteiger charge is -2.14. The number of aromatic nitrogens is 2. The fraction of sp³-hybridized carbons (Fsp3) is 0.136. The van der Waals surface area contributed by atoms with Gasteiger partial charge in [-0.05, 0) is 48.9 Å². The number of halogens is 3. The number of methoxy groups -OCH3 is 1. The van der Waals surface area contributed by atoms with Gasteiger partial charge in [-0.2, -0.15) is 0 Å². The van der Waals surface area contributed by atoms with E-state index < -0.39 is 0 Å². The van der Waals surface area contributed by atoms with Gasteiger partial charge < -0.3 is 9.84 Å². The lowest BCUT2D eigenvalue weighted by Crippen LogP contribution is -1.96. The van der Waals surface area contributed by atoms with Gasteiger partial charge in [0.25, 0.3) is 0 Å². The van der Waals surface area contributed by atoms with Gasteiger partial charge >= 0.3 is 0 Å². The molecule has 0 atom stereocenters. The minimum atomic E-state index is 0.0602. The van der Waals surface area contributed by atoms with E-state index in [0.29, 0.717) is 20.9 Å². The van der Waals surface area contributed by atoms with E-state index in [-0.39, 0.29) is 11.8 Å². The number of benzene rings is 2. The van der Waals surface area contributed by atoms with Crippen molar-refractivity contribution in [3.63, 3.8) is 0 Å². The molecular weight excluding hydrogens is 431 g/mol. The van der Waals surface area contributed by atoms with E-state index in [1.165, 1.54) is 0 Å². The molecule has 0 radical (unpaired) electrons. The number of hydrogen-bond acceptors (Lipinski definition) is 3. The fourth-order valence-corrected chi connectivity index (χ4v) is 4.31. The first-order valence-electron chi connectivity index (χ1n) is 8.84. The van der Waals surface area contributed by atoms with E-state index in [1.54, 1.807) is 30.0 Å². The van der Waals surface area contributed by atoms with Gasteiger partial charge in [-0.25, -0.2) is 0 Å². The third-order valence-corrected chi connectivity index (χ3v) is 5.74. The first kappa shape index (κ1) is 19.9. The van der Waals surface area contributed by atoms with E-state index >= 15 is 0 Å². The van der Waals surface area contributed by atoms with Gasteiger partial charge in [-0.3, -0.25) is 9.55 Å². The molecule has 0 saturated heterocycles. The van der Waals surface area contributed by atoms with Gasteiger partial charge in [0, 0.05) is 44.6 Å². The second-order valence-electron chi connectivity index (χ2n) is 6.59. The van der Waals surface area contributed by atoms with Crippen LogP contribution in [-0.2, 0) is 5.88 Å². The van der Waals surface area contributed by atoms with Crippen LogP contribution < -0.4 is 4.74 Å². The Balaban J connectivity index is 2.04. The number of ether oxygens (including phenoxy) is 1. The second-order valence-corrected chi connectivity index (χ2v) is 7.70. The summed E-state index contributed by atoms with van der Waals surface area (Å²) in [6, 6.07) is 12.7. The summed E-state index contributed by atoms with van der Waals surface area (Å²) in [4.78, 5) is 4.66. The molecule has 2 heterocycles. The topological polar surface area (TPSA) is 47.3 Å². The molecular formula is C22H17Cl3N2O2. The number of hydrogen-bond donors (Lipinski definition) is 1. The van der Waals surface area contributed by atoms with Crippen molar-refractivity contribution in [2.24, 2.45) is 0 Å². The molecule has 0 aliphatic carbocycles. The Hall–Kier alpha value is -2.40. The number of nitrogens with zero attached hydrogens (tertiary/aromatic N) is 2. The highest BCUT2D eigenvalue weighted by molar-refractivity contribution is 6.37. The third-order valence-electron chi connectivity index (χ3n) is 4.92. The van der Waals surface area contributed by atoms with Gasteiger partial charge in [-0.1, -0.05) is 29.3 Å². The van der Waals surface area contributed by atoms with Crippen molar-refractivity contribution in [2.45, 2.75) is 12.8 Å². The van der Waals surface area contributed by atoms with Crippen LogP contribution in [0, 0.1) is 6.92 Å². The molecule has 4 rings (SSSR count). The van der Waals surface area contributed by atoms with Crippen molar-refractivity contribution in [1.29, 1.82) is 0 Å². The van der Waals surface area contributed by atoms with Crippen LogP contribution in [0.1, 0.15) is 11.3 Å². The van der Waals surface area contributed by atoms with Crippen LogP contribution >= 0.6 is 34.8 Å². The number of rotatable bonds is 4. The summed E-state index contributed by atoms with van der Waals surface area (Å²) in [5.74, 6) is 1.03. The summed E-state index contributed by atoms with van der Waals surface area (Å²) in [5, 5.41) is 12.8. The number of alkyl halides is 1. The molecule has 7 heteroatoms. The number of aromatic hydroxyl groups is 1. The maximum atomic E-state index is 11.1. The highest BCUT2D eigenvalue weighted by Crippen LogP contribution is 2.43.